The Morgan fingerprint density at radius 1 is 0.840 bits per heavy atom. The van der Waals surface area contributed by atoms with Crippen molar-refractivity contribution < 1.29 is 13.2 Å². The zero-order chi connectivity index (χ0) is 17.6. The van der Waals surface area contributed by atoms with Crippen molar-refractivity contribution >= 4 is 10.8 Å². The van der Waals surface area contributed by atoms with Crippen LogP contribution in [-0.2, 0) is 12.8 Å². The Kier molecular flexibility index (Phi) is 4.51. The van der Waals surface area contributed by atoms with E-state index in [0.717, 1.165) is 42.7 Å². The van der Waals surface area contributed by atoms with Gasteiger partial charge >= 0.3 is 0 Å². The van der Waals surface area contributed by atoms with E-state index >= 15 is 0 Å². The molecule has 0 heterocycles. The molecule has 2 aromatic carbocycles. The first-order valence-corrected chi connectivity index (χ1v) is 9.65. The summed E-state index contributed by atoms with van der Waals surface area (Å²) in [6.07, 6.45) is 9.66. The fourth-order valence-electron chi connectivity index (χ4n) is 5.06. The van der Waals surface area contributed by atoms with E-state index in [1.807, 2.05) is 6.07 Å². The zero-order valence-corrected chi connectivity index (χ0v) is 14.8. The average Bonchev–Trinajstić information content (AvgIpc) is 2.65. The molecule has 1 fully saturated rings. The lowest BCUT2D eigenvalue weighted by Crippen LogP contribution is -2.26. The number of aryl methyl sites for hydroxylation is 1. The van der Waals surface area contributed by atoms with Gasteiger partial charge in [0, 0.05) is 5.39 Å². The number of hydrogen-bond acceptors (Lipinski definition) is 0. The van der Waals surface area contributed by atoms with E-state index in [-0.39, 0.29) is 5.39 Å². The van der Waals surface area contributed by atoms with Crippen LogP contribution in [0, 0.1) is 35.2 Å². The predicted molar refractivity (Wildman–Crippen MR) is 95.1 cm³/mol. The van der Waals surface area contributed by atoms with Gasteiger partial charge in [-0.2, -0.15) is 0 Å². The van der Waals surface area contributed by atoms with Gasteiger partial charge in [-0.1, -0.05) is 32.3 Å². The molecule has 0 saturated heterocycles. The highest BCUT2D eigenvalue weighted by atomic mass is 19.2. The van der Waals surface area contributed by atoms with Gasteiger partial charge in [0.05, 0.1) is 0 Å². The molecule has 1 saturated carbocycles. The molecule has 1 unspecified atom stereocenters. The first kappa shape index (κ1) is 16.9. The van der Waals surface area contributed by atoms with E-state index in [9.17, 15) is 13.2 Å². The fraction of sp³-hybridized carbons (Fsp3) is 0.545. The Morgan fingerprint density at radius 2 is 1.60 bits per heavy atom. The minimum absolute atomic E-state index is 0.208. The van der Waals surface area contributed by atoms with Crippen LogP contribution in [0.5, 0.6) is 0 Å². The maximum atomic E-state index is 14.1. The second kappa shape index (κ2) is 6.66. The third kappa shape index (κ3) is 3.07. The summed E-state index contributed by atoms with van der Waals surface area (Å²) in [7, 11) is 0. The molecule has 0 aliphatic heterocycles. The monoisotopic (exact) mass is 346 g/mol. The SMILES string of the molecule is CCC1CCC(C2CCc3cc4c(F)c(F)c(F)cc4cc3C2)CC1. The Labute approximate surface area is 147 Å². The zero-order valence-electron chi connectivity index (χ0n) is 14.8. The minimum atomic E-state index is -1.37. The largest absolute Gasteiger partial charge is 0.204 e. The summed E-state index contributed by atoms with van der Waals surface area (Å²) in [6, 6.07) is 4.76. The summed E-state index contributed by atoms with van der Waals surface area (Å²) in [5.74, 6) is -1.16. The first-order chi connectivity index (χ1) is 12.1. The first-order valence-electron chi connectivity index (χ1n) is 9.65. The van der Waals surface area contributed by atoms with Crippen molar-refractivity contribution in [3.63, 3.8) is 0 Å². The molecule has 1 atom stereocenters. The number of fused-ring (bicyclic) bond motifs is 2. The van der Waals surface area contributed by atoms with Crippen LogP contribution < -0.4 is 0 Å². The molecule has 3 heteroatoms. The van der Waals surface area contributed by atoms with Crippen molar-refractivity contribution in [3.8, 4) is 0 Å². The van der Waals surface area contributed by atoms with Crippen LogP contribution in [0.2, 0.25) is 0 Å². The van der Waals surface area contributed by atoms with Gasteiger partial charge in [0.2, 0.25) is 0 Å². The Morgan fingerprint density at radius 3 is 2.32 bits per heavy atom. The van der Waals surface area contributed by atoms with Crippen molar-refractivity contribution in [1.29, 1.82) is 0 Å². The summed E-state index contributed by atoms with van der Waals surface area (Å²) in [4.78, 5) is 0. The standard InChI is InChI=1S/C22H25F3/c1-2-13-3-5-14(6-4-13)15-7-8-16-11-19-18(10-17(16)9-15)12-20(23)22(25)21(19)24/h10-15H,2-9H2,1H3. The van der Waals surface area contributed by atoms with Gasteiger partial charge in [-0.05, 0) is 78.5 Å². The van der Waals surface area contributed by atoms with E-state index < -0.39 is 17.5 Å². The van der Waals surface area contributed by atoms with Crippen molar-refractivity contribution in [1.82, 2.24) is 0 Å². The third-order valence-corrected chi connectivity index (χ3v) is 6.69. The van der Waals surface area contributed by atoms with E-state index in [1.165, 1.54) is 37.7 Å². The summed E-state index contributed by atoms with van der Waals surface area (Å²) < 4.78 is 41.1. The highest BCUT2D eigenvalue weighted by Gasteiger charge is 2.30. The molecule has 0 bridgehead atoms. The molecule has 134 valence electrons. The van der Waals surface area contributed by atoms with E-state index in [4.69, 9.17) is 0 Å². The number of rotatable bonds is 2. The molecule has 2 aliphatic rings. The van der Waals surface area contributed by atoms with Crippen molar-refractivity contribution in [2.75, 3.05) is 0 Å². The summed E-state index contributed by atoms with van der Waals surface area (Å²) in [5, 5.41) is 0.685. The third-order valence-electron chi connectivity index (χ3n) is 6.69. The van der Waals surface area contributed by atoms with Crippen molar-refractivity contribution in [2.24, 2.45) is 17.8 Å². The molecule has 0 amide bonds. The average molecular weight is 346 g/mol. The molecule has 0 nitrogen and oxygen atoms in total. The van der Waals surface area contributed by atoms with Gasteiger partial charge in [-0.25, -0.2) is 13.2 Å². The highest BCUT2D eigenvalue weighted by Crippen LogP contribution is 2.41. The van der Waals surface area contributed by atoms with Gasteiger partial charge in [-0.15, -0.1) is 0 Å². The van der Waals surface area contributed by atoms with E-state index in [2.05, 4.69) is 6.92 Å². The molecule has 25 heavy (non-hydrogen) atoms. The van der Waals surface area contributed by atoms with Gasteiger partial charge in [0.1, 0.15) is 0 Å². The smallest absolute Gasteiger partial charge is 0.195 e. The van der Waals surface area contributed by atoms with Gasteiger partial charge in [0.15, 0.2) is 17.5 Å². The normalized spacial score (nSPS) is 26.6. The maximum absolute atomic E-state index is 14.1. The van der Waals surface area contributed by atoms with E-state index in [1.54, 1.807) is 6.07 Å². The second-order valence-electron chi connectivity index (χ2n) is 8.02. The number of benzene rings is 2. The number of hydrogen-bond donors (Lipinski definition) is 0. The Balaban J connectivity index is 1.60. The predicted octanol–water partition coefficient (Wildman–Crippen LogP) is 6.58. The summed E-state index contributed by atoms with van der Waals surface area (Å²) >= 11 is 0. The molecule has 0 spiro atoms. The topological polar surface area (TPSA) is 0 Å². The number of halogens is 3. The van der Waals surface area contributed by atoms with Crippen LogP contribution in [0.15, 0.2) is 18.2 Å². The van der Waals surface area contributed by atoms with Gasteiger partial charge < -0.3 is 0 Å². The maximum Gasteiger partial charge on any atom is 0.195 e. The molecule has 2 aromatic rings. The molecule has 0 radical (unpaired) electrons. The Hall–Kier alpha value is -1.51. The van der Waals surface area contributed by atoms with Crippen molar-refractivity contribution in [2.45, 2.75) is 58.3 Å². The quantitative estimate of drug-likeness (QED) is 0.539. The van der Waals surface area contributed by atoms with E-state index in [0.29, 0.717) is 11.3 Å². The highest BCUT2D eigenvalue weighted by molar-refractivity contribution is 5.85. The fourth-order valence-corrected chi connectivity index (χ4v) is 5.06. The molecular weight excluding hydrogens is 321 g/mol. The molecule has 0 aromatic heterocycles. The van der Waals surface area contributed by atoms with Crippen molar-refractivity contribution in [3.05, 3.63) is 46.8 Å². The lowest BCUT2D eigenvalue weighted by Gasteiger charge is -2.36. The van der Waals surface area contributed by atoms with Crippen LogP contribution in [0.25, 0.3) is 10.8 Å². The van der Waals surface area contributed by atoms with Gasteiger partial charge in [0.25, 0.3) is 0 Å². The Bertz CT molecular complexity index is 788. The van der Waals surface area contributed by atoms with Crippen LogP contribution >= 0.6 is 0 Å². The molecular formula is C22H25F3. The lowest BCUT2D eigenvalue weighted by atomic mass is 9.69. The molecule has 2 aliphatic carbocycles. The summed E-state index contributed by atoms with van der Waals surface area (Å²) in [5.41, 5.74) is 2.31. The van der Waals surface area contributed by atoms with Crippen LogP contribution in [0.3, 0.4) is 0 Å². The second-order valence-corrected chi connectivity index (χ2v) is 8.02. The minimum Gasteiger partial charge on any atom is -0.204 e. The summed E-state index contributed by atoms with van der Waals surface area (Å²) in [6.45, 7) is 2.29. The van der Waals surface area contributed by atoms with Crippen LogP contribution in [0.4, 0.5) is 13.2 Å². The molecule has 4 rings (SSSR count). The lowest BCUT2D eigenvalue weighted by molar-refractivity contribution is 0.187. The molecule has 0 N–H and O–H groups in total. The van der Waals surface area contributed by atoms with Crippen LogP contribution in [0.1, 0.15) is 56.6 Å². The van der Waals surface area contributed by atoms with Gasteiger partial charge in [-0.3, -0.25) is 0 Å². The van der Waals surface area contributed by atoms with Crippen LogP contribution in [-0.4, -0.2) is 0 Å².